The Balaban J connectivity index is 1.58. The number of aliphatic imine (C=N–C) groups is 1. The van der Waals surface area contributed by atoms with E-state index in [0.717, 1.165) is 21.7 Å². The van der Waals surface area contributed by atoms with Gasteiger partial charge in [0.05, 0.1) is 6.54 Å². The first-order chi connectivity index (χ1) is 14.4. The summed E-state index contributed by atoms with van der Waals surface area (Å²) in [7, 11) is 0. The molecular weight excluding hydrogens is 402 g/mol. The van der Waals surface area contributed by atoms with Gasteiger partial charge in [0, 0.05) is 22.7 Å². The van der Waals surface area contributed by atoms with E-state index in [4.69, 9.17) is 16.6 Å². The van der Waals surface area contributed by atoms with Crippen molar-refractivity contribution in [2.75, 3.05) is 0 Å². The number of hydrogen-bond acceptors (Lipinski definition) is 6. The van der Waals surface area contributed by atoms with Crippen molar-refractivity contribution in [1.29, 1.82) is 0 Å². The molecule has 1 amide bonds. The molecule has 30 heavy (non-hydrogen) atoms. The average molecular weight is 423 g/mol. The Bertz CT molecular complexity index is 1050. The number of nitrogens with one attached hydrogen (secondary N) is 1. The Morgan fingerprint density at radius 2 is 1.93 bits per heavy atom. The molecule has 0 aliphatic heterocycles. The Labute approximate surface area is 177 Å². The van der Waals surface area contributed by atoms with Gasteiger partial charge in [-0.05, 0) is 35.7 Å². The van der Waals surface area contributed by atoms with Gasteiger partial charge < -0.3 is 16.6 Å². The smallest absolute Gasteiger partial charge is 0.320 e. The summed E-state index contributed by atoms with van der Waals surface area (Å²) in [4.78, 5) is 31.7. The second-order valence-corrected chi connectivity index (χ2v) is 7.43. The monoisotopic (exact) mass is 423 g/mol. The van der Waals surface area contributed by atoms with E-state index in [9.17, 15) is 9.59 Å². The molecule has 3 rings (SSSR count). The van der Waals surface area contributed by atoms with Gasteiger partial charge in [-0.15, -0.1) is 11.3 Å². The highest BCUT2D eigenvalue weighted by molar-refractivity contribution is 7.13. The average Bonchev–Trinajstić information content (AvgIpc) is 3.28. The number of aromatic nitrogens is 1. The number of carboxylic acid groups (broad SMARTS) is 1. The maximum atomic E-state index is 12.3. The second kappa shape index (κ2) is 9.77. The minimum atomic E-state index is -1.07. The van der Waals surface area contributed by atoms with Crippen molar-refractivity contribution in [1.82, 2.24) is 10.3 Å². The number of carbonyl (C=O) groups excluding carboxylic acids is 1. The third-order valence-electron chi connectivity index (χ3n) is 4.27. The molecule has 0 fully saturated rings. The Hall–Kier alpha value is -3.56. The Kier molecular flexibility index (Phi) is 6.89. The first-order valence-electron chi connectivity index (χ1n) is 9.10. The first kappa shape index (κ1) is 21.2. The van der Waals surface area contributed by atoms with Crippen LogP contribution in [0.4, 0.5) is 0 Å². The van der Waals surface area contributed by atoms with E-state index < -0.39 is 17.9 Å². The van der Waals surface area contributed by atoms with Crippen LogP contribution in [0.2, 0.25) is 0 Å². The van der Waals surface area contributed by atoms with Crippen LogP contribution in [0.15, 0.2) is 65.1 Å². The molecule has 0 aliphatic carbocycles. The maximum absolute atomic E-state index is 12.3. The number of amides is 1. The number of aliphatic carboxylic acids is 1. The molecule has 9 heteroatoms. The van der Waals surface area contributed by atoms with E-state index >= 15 is 0 Å². The van der Waals surface area contributed by atoms with Gasteiger partial charge in [-0.1, -0.05) is 30.3 Å². The van der Waals surface area contributed by atoms with Gasteiger partial charge in [-0.3, -0.25) is 14.9 Å². The molecule has 1 heterocycles. The summed E-state index contributed by atoms with van der Waals surface area (Å²) in [5.74, 6) is -1.46. The number of guanidine groups is 1. The highest BCUT2D eigenvalue weighted by Gasteiger charge is 2.13. The summed E-state index contributed by atoms with van der Waals surface area (Å²) in [5, 5.41) is 14.3. The van der Waals surface area contributed by atoms with Crippen molar-refractivity contribution >= 4 is 29.2 Å². The number of hydrogen-bond donors (Lipinski definition) is 4. The molecule has 6 N–H and O–H groups in total. The van der Waals surface area contributed by atoms with Crippen LogP contribution in [0, 0.1) is 0 Å². The molecule has 2 aromatic carbocycles. The van der Waals surface area contributed by atoms with Crippen LogP contribution in [-0.2, 0) is 17.8 Å². The van der Waals surface area contributed by atoms with Crippen LogP contribution in [0.1, 0.15) is 21.5 Å². The lowest BCUT2D eigenvalue weighted by molar-refractivity contribution is -0.138. The molecule has 0 saturated heterocycles. The van der Waals surface area contributed by atoms with Crippen molar-refractivity contribution in [2.45, 2.75) is 19.0 Å². The molecule has 1 aromatic heterocycles. The van der Waals surface area contributed by atoms with Gasteiger partial charge in [0.2, 0.25) is 0 Å². The molecule has 0 radical (unpaired) electrons. The third-order valence-corrected chi connectivity index (χ3v) is 5.09. The second-order valence-electron chi connectivity index (χ2n) is 6.54. The quantitative estimate of drug-likeness (QED) is 0.338. The Morgan fingerprint density at radius 1 is 1.17 bits per heavy atom. The van der Waals surface area contributed by atoms with Crippen molar-refractivity contribution in [3.05, 3.63) is 76.8 Å². The van der Waals surface area contributed by atoms with E-state index in [1.54, 1.807) is 41.8 Å². The van der Waals surface area contributed by atoms with Crippen LogP contribution in [0.3, 0.4) is 0 Å². The van der Waals surface area contributed by atoms with E-state index in [-0.39, 0.29) is 12.4 Å². The van der Waals surface area contributed by atoms with Crippen molar-refractivity contribution in [3.63, 3.8) is 0 Å². The number of carboxylic acids is 1. The summed E-state index contributed by atoms with van der Waals surface area (Å²) in [6.07, 6.45) is 1.94. The van der Waals surface area contributed by atoms with Crippen LogP contribution in [0.25, 0.3) is 10.6 Å². The van der Waals surface area contributed by atoms with Crippen molar-refractivity contribution in [3.8, 4) is 10.6 Å². The molecule has 154 valence electrons. The van der Waals surface area contributed by atoms with Crippen LogP contribution < -0.4 is 16.8 Å². The zero-order chi connectivity index (χ0) is 21.5. The van der Waals surface area contributed by atoms with Gasteiger partial charge in [0.25, 0.3) is 5.91 Å². The predicted molar refractivity (Wildman–Crippen MR) is 116 cm³/mol. The van der Waals surface area contributed by atoms with E-state index in [2.05, 4.69) is 15.3 Å². The number of benzene rings is 2. The number of nitrogens with two attached hydrogens (primary N) is 2. The van der Waals surface area contributed by atoms with Gasteiger partial charge in [0.15, 0.2) is 5.96 Å². The lowest BCUT2D eigenvalue weighted by Gasteiger charge is -2.08. The SMILES string of the molecule is NC(=NCc1cccc(-c2nccs2)c1)NC(=O)c1ccc(C[C@H](N)C(=O)O)cc1. The molecule has 0 bridgehead atoms. The molecule has 0 spiro atoms. The zero-order valence-electron chi connectivity index (χ0n) is 16.0. The summed E-state index contributed by atoms with van der Waals surface area (Å²) < 4.78 is 0. The first-order valence-corrected chi connectivity index (χ1v) is 9.98. The maximum Gasteiger partial charge on any atom is 0.320 e. The molecule has 0 unspecified atom stereocenters. The van der Waals surface area contributed by atoms with E-state index in [1.165, 1.54) is 0 Å². The van der Waals surface area contributed by atoms with Gasteiger partial charge >= 0.3 is 5.97 Å². The summed E-state index contributed by atoms with van der Waals surface area (Å²) >= 11 is 1.56. The van der Waals surface area contributed by atoms with E-state index in [0.29, 0.717) is 12.1 Å². The summed E-state index contributed by atoms with van der Waals surface area (Å²) in [5.41, 5.74) is 14.4. The fraction of sp³-hybridized carbons (Fsp3) is 0.143. The summed E-state index contributed by atoms with van der Waals surface area (Å²) in [6, 6.07) is 13.3. The fourth-order valence-electron chi connectivity index (χ4n) is 2.71. The van der Waals surface area contributed by atoms with Gasteiger partial charge in [-0.2, -0.15) is 0 Å². The summed E-state index contributed by atoms with van der Waals surface area (Å²) in [6.45, 7) is 0.317. The zero-order valence-corrected chi connectivity index (χ0v) is 16.8. The lowest BCUT2D eigenvalue weighted by atomic mass is 10.0. The minimum absolute atomic E-state index is 0.0108. The van der Waals surface area contributed by atoms with Crippen LogP contribution in [0.5, 0.6) is 0 Å². The van der Waals surface area contributed by atoms with Gasteiger partial charge in [-0.25, -0.2) is 9.98 Å². The lowest BCUT2D eigenvalue weighted by Crippen LogP contribution is -2.36. The predicted octanol–water partition coefficient (Wildman–Crippen LogP) is 2.01. The largest absolute Gasteiger partial charge is 0.480 e. The highest BCUT2D eigenvalue weighted by atomic mass is 32.1. The minimum Gasteiger partial charge on any atom is -0.480 e. The van der Waals surface area contributed by atoms with E-state index in [1.807, 2.05) is 29.6 Å². The molecule has 0 saturated carbocycles. The van der Waals surface area contributed by atoms with Gasteiger partial charge in [0.1, 0.15) is 11.0 Å². The number of carbonyl (C=O) groups is 2. The third kappa shape index (κ3) is 5.72. The van der Waals surface area contributed by atoms with Crippen molar-refractivity contribution < 1.29 is 14.7 Å². The topological polar surface area (TPSA) is 144 Å². The number of thiazole rings is 1. The molecule has 0 aliphatic rings. The fourth-order valence-corrected chi connectivity index (χ4v) is 3.34. The van der Waals surface area contributed by atoms with Crippen LogP contribution >= 0.6 is 11.3 Å². The number of nitrogens with zero attached hydrogens (tertiary/aromatic N) is 2. The molecule has 8 nitrogen and oxygen atoms in total. The normalized spacial score (nSPS) is 12.4. The van der Waals surface area contributed by atoms with Crippen molar-refractivity contribution in [2.24, 2.45) is 16.5 Å². The molecular formula is C21H21N5O3S. The van der Waals surface area contributed by atoms with Crippen LogP contribution in [-0.4, -0.2) is 34.0 Å². The highest BCUT2D eigenvalue weighted by Crippen LogP contribution is 2.22. The molecule has 1 atom stereocenters. The standard InChI is InChI=1S/C21H21N5O3S/c22-17(20(28)29)11-13-4-6-15(7-5-13)18(27)26-21(23)25-12-14-2-1-3-16(10-14)19-24-8-9-30-19/h1-10,17H,11-12,22H2,(H,28,29)(H3,23,25,26,27)/t17-/m0/s1. The number of rotatable bonds is 7. The molecule has 3 aromatic rings. The Morgan fingerprint density at radius 3 is 2.60 bits per heavy atom.